The van der Waals surface area contributed by atoms with Crippen LogP contribution in [-0.4, -0.2) is 35.2 Å². The Kier molecular flexibility index (Phi) is 5.46. The molecule has 102 valence electrons. The normalized spacial score (nSPS) is 34.8. The Morgan fingerprint density at radius 1 is 1.06 bits per heavy atom. The van der Waals surface area contributed by atoms with Crippen molar-refractivity contribution in [3.63, 3.8) is 0 Å². The molecule has 1 aliphatic heterocycles. The second-order valence-electron chi connectivity index (χ2n) is 5.84. The number of nitriles is 1. The summed E-state index contributed by atoms with van der Waals surface area (Å²) in [5.74, 6) is 0.215. The van der Waals surface area contributed by atoms with E-state index >= 15 is 0 Å². The van der Waals surface area contributed by atoms with Gasteiger partial charge in [0.25, 0.3) is 0 Å². The molecule has 1 N–H and O–H groups in total. The maximum Gasteiger partial charge on any atom is 0.0672 e. The number of likely N-dealkylation sites (tertiary alicyclic amines) is 1. The van der Waals surface area contributed by atoms with Crippen LogP contribution in [0.1, 0.15) is 57.8 Å². The summed E-state index contributed by atoms with van der Waals surface area (Å²) in [4.78, 5) is 2.57. The third kappa shape index (κ3) is 3.24. The minimum Gasteiger partial charge on any atom is -0.396 e. The third-order valence-corrected chi connectivity index (χ3v) is 4.71. The molecule has 3 heteroatoms. The van der Waals surface area contributed by atoms with Crippen molar-refractivity contribution in [3.05, 3.63) is 0 Å². The zero-order chi connectivity index (χ0) is 12.8. The summed E-state index contributed by atoms with van der Waals surface area (Å²) in [7, 11) is 0. The molecule has 3 unspecified atom stereocenters. The summed E-state index contributed by atoms with van der Waals surface area (Å²) in [6.45, 7) is 1.42. The zero-order valence-corrected chi connectivity index (χ0v) is 11.4. The van der Waals surface area contributed by atoms with Crippen LogP contribution in [0.4, 0.5) is 0 Å². The van der Waals surface area contributed by atoms with Crippen molar-refractivity contribution >= 4 is 0 Å². The molecule has 1 saturated heterocycles. The molecule has 3 atom stereocenters. The van der Waals surface area contributed by atoms with Crippen molar-refractivity contribution < 1.29 is 5.11 Å². The summed E-state index contributed by atoms with van der Waals surface area (Å²) in [6, 6.07) is 3.52. The van der Waals surface area contributed by atoms with Crippen molar-refractivity contribution in [2.45, 2.75) is 69.9 Å². The fraction of sp³-hybridized carbons (Fsp3) is 0.933. The van der Waals surface area contributed by atoms with E-state index in [1.54, 1.807) is 0 Å². The first-order chi connectivity index (χ1) is 8.86. The second kappa shape index (κ2) is 7.11. The fourth-order valence-corrected chi connectivity index (χ4v) is 3.75. The van der Waals surface area contributed by atoms with Crippen LogP contribution in [0.25, 0.3) is 0 Å². The Hall–Kier alpha value is -0.590. The lowest BCUT2D eigenvalue weighted by Crippen LogP contribution is -2.49. The van der Waals surface area contributed by atoms with Gasteiger partial charge in [-0.2, -0.15) is 5.26 Å². The molecule has 0 bridgehead atoms. The van der Waals surface area contributed by atoms with E-state index in [1.165, 1.54) is 44.9 Å². The second-order valence-corrected chi connectivity index (χ2v) is 5.84. The molecule has 1 heterocycles. The van der Waals surface area contributed by atoms with Crippen molar-refractivity contribution in [1.82, 2.24) is 4.90 Å². The molecule has 3 nitrogen and oxygen atoms in total. The quantitative estimate of drug-likeness (QED) is 0.783. The molecule has 1 saturated carbocycles. The van der Waals surface area contributed by atoms with Crippen molar-refractivity contribution in [3.8, 4) is 6.07 Å². The molecule has 0 aromatic carbocycles. The van der Waals surface area contributed by atoms with Gasteiger partial charge < -0.3 is 5.11 Å². The molecule has 2 aliphatic rings. The Morgan fingerprint density at radius 3 is 2.61 bits per heavy atom. The average molecular weight is 250 g/mol. The highest BCUT2D eigenvalue weighted by Crippen LogP contribution is 2.32. The van der Waals surface area contributed by atoms with Crippen LogP contribution in [0.5, 0.6) is 0 Å². The van der Waals surface area contributed by atoms with E-state index in [9.17, 15) is 10.4 Å². The SMILES string of the molecule is N#CC1CCCCCC1N1CCCCC1CCO. The zero-order valence-electron chi connectivity index (χ0n) is 11.4. The molecule has 1 aliphatic carbocycles. The lowest BCUT2D eigenvalue weighted by atomic mass is 9.89. The number of rotatable bonds is 3. The minimum atomic E-state index is 0.215. The third-order valence-electron chi connectivity index (χ3n) is 4.71. The van der Waals surface area contributed by atoms with E-state index in [2.05, 4.69) is 11.0 Å². The van der Waals surface area contributed by atoms with Gasteiger partial charge in [0.05, 0.1) is 12.0 Å². The van der Waals surface area contributed by atoms with Gasteiger partial charge in [0.2, 0.25) is 0 Å². The average Bonchev–Trinajstić information content (AvgIpc) is 2.65. The molecular weight excluding hydrogens is 224 g/mol. The van der Waals surface area contributed by atoms with Gasteiger partial charge in [-0.1, -0.05) is 25.7 Å². The smallest absolute Gasteiger partial charge is 0.0672 e. The lowest BCUT2D eigenvalue weighted by molar-refractivity contribution is 0.0545. The number of aliphatic hydroxyl groups is 1. The number of nitrogens with zero attached hydrogens (tertiary/aromatic N) is 2. The van der Waals surface area contributed by atoms with Crippen molar-refractivity contribution in [2.75, 3.05) is 13.2 Å². The van der Waals surface area contributed by atoms with Gasteiger partial charge in [-0.15, -0.1) is 0 Å². The van der Waals surface area contributed by atoms with Gasteiger partial charge in [0, 0.05) is 18.7 Å². The highest BCUT2D eigenvalue weighted by atomic mass is 16.3. The van der Waals surface area contributed by atoms with E-state index < -0.39 is 0 Å². The van der Waals surface area contributed by atoms with Crippen LogP contribution in [0.2, 0.25) is 0 Å². The maximum absolute atomic E-state index is 9.41. The summed E-state index contributed by atoms with van der Waals surface area (Å²) >= 11 is 0. The molecule has 0 amide bonds. The van der Waals surface area contributed by atoms with E-state index in [1.807, 2.05) is 0 Å². The standard InChI is InChI=1S/C15H26N2O/c16-12-13-6-2-1-3-8-15(13)17-10-5-4-7-14(17)9-11-18/h13-15,18H,1-11H2. The van der Waals surface area contributed by atoms with E-state index in [0.717, 1.165) is 19.4 Å². The lowest BCUT2D eigenvalue weighted by Gasteiger charge is -2.42. The summed E-state index contributed by atoms with van der Waals surface area (Å²) < 4.78 is 0. The van der Waals surface area contributed by atoms with Crippen LogP contribution in [0.15, 0.2) is 0 Å². The van der Waals surface area contributed by atoms with Crippen LogP contribution < -0.4 is 0 Å². The molecule has 18 heavy (non-hydrogen) atoms. The molecule has 0 radical (unpaired) electrons. The van der Waals surface area contributed by atoms with E-state index in [-0.39, 0.29) is 12.5 Å². The first-order valence-corrected chi connectivity index (χ1v) is 7.63. The highest BCUT2D eigenvalue weighted by molar-refractivity contribution is 4.97. The topological polar surface area (TPSA) is 47.3 Å². The summed E-state index contributed by atoms with van der Waals surface area (Å²) in [6.07, 6.45) is 10.7. The van der Waals surface area contributed by atoms with E-state index in [4.69, 9.17) is 0 Å². The molecule has 0 aromatic rings. The predicted octanol–water partition coefficient (Wildman–Crippen LogP) is 2.70. The monoisotopic (exact) mass is 250 g/mol. The molecule has 0 aromatic heterocycles. The molecule has 2 fully saturated rings. The largest absolute Gasteiger partial charge is 0.396 e. The Balaban J connectivity index is 2.07. The minimum absolute atomic E-state index is 0.215. The van der Waals surface area contributed by atoms with Crippen molar-refractivity contribution in [1.29, 1.82) is 5.26 Å². The molecule has 0 spiro atoms. The highest BCUT2D eigenvalue weighted by Gasteiger charge is 2.34. The number of hydrogen-bond donors (Lipinski definition) is 1. The Labute approximate surface area is 111 Å². The number of aliphatic hydroxyl groups excluding tert-OH is 1. The van der Waals surface area contributed by atoms with Crippen LogP contribution in [0, 0.1) is 17.2 Å². The van der Waals surface area contributed by atoms with Crippen LogP contribution >= 0.6 is 0 Å². The number of piperidine rings is 1. The van der Waals surface area contributed by atoms with Crippen LogP contribution in [-0.2, 0) is 0 Å². The fourth-order valence-electron chi connectivity index (χ4n) is 3.75. The summed E-state index contributed by atoms with van der Waals surface area (Å²) in [5, 5.41) is 18.6. The van der Waals surface area contributed by atoms with Gasteiger partial charge in [0.1, 0.15) is 0 Å². The number of hydrogen-bond acceptors (Lipinski definition) is 3. The summed E-state index contributed by atoms with van der Waals surface area (Å²) in [5.41, 5.74) is 0. The van der Waals surface area contributed by atoms with Crippen molar-refractivity contribution in [2.24, 2.45) is 5.92 Å². The van der Waals surface area contributed by atoms with E-state index in [0.29, 0.717) is 12.1 Å². The van der Waals surface area contributed by atoms with Crippen LogP contribution in [0.3, 0.4) is 0 Å². The van der Waals surface area contributed by atoms with Gasteiger partial charge in [-0.3, -0.25) is 4.90 Å². The Bertz CT molecular complexity index is 285. The van der Waals surface area contributed by atoms with Gasteiger partial charge in [-0.05, 0) is 38.6 Å². The predicted molar refractivity (Wildman–Crippen MR) is 72.0 cm³/mol. The van der Waals surface area contributed by atoms with Gasteiger partial charge in [-0.25, -0.2) is 0 Å². The van der Waals surface area contributed by atoms with Gasteiger partial charge in [0.15, 0.2) is 0 Å². The molecule has 2 rings (SSSR count). The molecular formula is C15H26N2O. The first kappa shape index (κ1) is 13.8. The van der Waals surface area contributed by atoms with Gasteiger partial charge >= 0.3 is 0 Å². The first-order valence-electron chi connectivity index (χ1n) is 7.63. The Morgan fingerprint density at radius 2 is 1.83 bits per heavy atom. The maximum atomic E-state index is 9.41.